The molecular weight excluding hydrogens is 484 g/mol. The topological polar surface area (TPSA) is 83.0 Å². The Hall–Kier alpha value is -3.54. The van der Waals surface area contributed by atoms with E-state index in [0.29, 0.717) is 30.4 Å². The van der Waals surface area contributed by atoms with Crippen molar-refractivity contribution < 1.29 is 20.0 Å². The molecule has 4 aromatic rings. The predicted octanol–water partition coefficient (Wildman–Crippen LogP) is 5.56. The molecule has 0 aliphatic heterocycles. The summed E-state index contributed by atoms with van der Waals surface area (Å²) in [6, 6.07) is 23.8. The van der Waals surface area contributed by atoms with E-state index >= 15 is 0 Å². The number of fused-ring (bicyclic) bond motifs is 2. The second-order valence-electron chi connectivity index (χ2n) is 12.6. The third-order valence-electron chi connectivity index (χ3n) is 6.76. The highest BCUT2D eigenvalue weighted by Crippen LogP contribution is 2.27. The molecule has 0 bridgehead atoms. The molecule has 0 radical (unpaired) electrons. The average molecular weight is 526 g/mol. The predicted molar refractivity (Wildman–Crippen MR) is 159 cm³/mol. The van der Waals surface area contributed by atoms with Crippen LogP contribution in [0.4, 0.5) is 0 Å². The fraction of sp³-hybridized carbons (Fsp3) is 0.353. The highest BCUT2D eigenvalue weighted by molar-refractivity contribution is 6.08. The largest absolute Gasteiger partial charge is 0.393 e. The SMILES string of the molecule is CC(C)(C)NC(=O)c1c(C[C@@H](O)CCc2ccc3ccccc3c2C(=O)[NH2+]C(C)(C)C)ccc2ccccc12. The zero-order valence-electron chi connectivity index (χ0n) is 24.0. The van der Waals surface area contributed by atoms with Gasteiger partial charge in [-0.3, -0.25) is 10.1 Å². The highest BCUT2D eigenvalue weighted by atomic mass is 16.3. The molecule has 4 aromatic carbocycles. The molecule has 5 heteroatoms. The normalized spacial score (nSPS) is 13.0. The minimum Gasteiger partial charge on any atom is -0.393 e. The van der Waals surface area contributed by atoms with Gasteiger partial charge in [0.05, 0.1) is 22.8 Å². The second kappa shape index (κ2) is 11.3. The first-order chi connectivity index (χ1) is 18.3. The van der Waals surface area contributed by atoms with Crippen molar-refractivity contribution in [3.8, 4) is 0 Å². The maximum Gasteiger partial charge on any atom is 0.343 e. The molecule has 4 rings (SSSR count). The molecule has 0 aliphatic carbocycles. The average Bonchev–Trinajstić information content (AvgIpc) is 2.84. The summed E-state index contributed by atoms with van der Waals surface area (Å²) in [5.74, 6) is -0.124. The molecule has 5 nitrogen and oxygen atoms in total. The Bertz CT molecular complexity index is 1510. The van der Waals surface area contributed by atoms with Crippen LogP contribution in [0.3, 0.4) is 0 Å². The molecule has 2 amide bonds. The van der Waals surface area contributed by atoms with Gasteiger partial charge in [-0.15, -0.1) is 0 Å². The maximum absolute atomic E-state index is 13.4. The molecule has 0 aromatic heterocycles. The van der Waals surface area contributed by atoms with Crippen LogP contribution in [-0.2, 0) is 12.8 Å². The maximum atomic E-state index is 13.4. The molecule has 0 spiro atoms. The van der Waals surface area contributed by atoms with Crippen molar-refractivity contribution in [2.24, 2.45) is 0 Å². The van der Waals surface area contributed by atoms with E-state index in [4.69, 9.17) is 0 Å². The molecule has 0 aliphatic rings. The molecule has 0 unspecified atom stereocenters. The lowest BCUT2D eigenvalue weighted by Gasteiger charge is -2.23. The number of hydrogen-bond acceptors (Lipinski definition) is 3. The van der Waals surface area contributed by atoms with E-state index in [2.05, 4.69) is 5.32 Å². The Morgan fingerprint density at radius 1 is 0.769 bits per heavy atom. The summed E-state index contributed by atoms with van der Waals surface area (Å²) in [4.78, 5) is 26.8. The highest BCUT2D eigenvalue weighted by Gasteiger charge is 2.26. The molecule has 0 saturated heterocycles. The van der Waals surface area contributed by atoms with E-state index in [-0.39, 0.29) is 22.9 Å². The number of carbonyl (C=O) groups is 2. The summed E-state index contributed by atoms with van der Waals surface area (Å²) in [5.41, 5.74) is 2.45. The number of aliphatic hydroxyl groups is 1. The van der Waals surface area contributed by atoms with Crippen LogP contribution in [0.25, 0.3) is 21.5 Å². The van der Waals surface area contributed by atoms with Gasteiger partial charge < -0.3 is 10.4 Å². The van der Waals surface area contributed by atoms with Gasteiger partial charge in [-0.05, 0) is 93.5 Å². The summed E-state index contributed by atoms with van der Waals surface area (Å²) in [6.07, 6.45) is 0.708. The summed E-state index contributed by atoms with van der Waals surface area (Å²) in [7, 11) is 0. The molecule has 1 atom stereocenters. The number of nitrogens with one attached hydrogen (secondary N) is 1. The van der Waals surface area contributed by atoms with Gasteiger partial charge in [0.25, 0.3) is 5.91 Å². The van der Waals surface area contributed by atoms with Gasteiger partial charge in [0.1, 0.15) is 0 Å². The van der Waals surface area contributed by atoms with E-state index in [1.54, 1.807) is 5.32 Å². The van der Waals surface area contributed by atoms with E-state index < -0.39 is 6.10 Å². The second-order valence-corrected chi connectivity index (χ2v) is 12.6. The minimum atomic E-state index is -0.673. The number of hydrogen-bond donors (Lipinski definition) is 3. The number of benzene rings is 4. The summed E-state index contributed by atoms with van der Waals surface area (Å²) in [6.45, 7) is 12.0. The van der Waals surface area contributed by atoms with Crippen LogP contribution < -0.4 is 10.6 Å². The van der Waals surface area contributed by atoms with Crippen molar-refractivity contribution in [1.82, 2.24) is 5.32 Å². The van der Waals surface area contributed by atoms with Crippen LogP contribution in [0.1, 0.15) is 79.8 Å². The van der Waals surface area contributed by atoms with Gasteiger partial charge in [-0.1, -0.05) is 72.8 Å². The molecule has 4 N–H and O–H groups in total. The van der Waals surface area contributed by atoms with Gasteiger partial charge in [0.15, 0.2) is 0 Å². The summed E-state index contributed by atoms with van der Waals surface area (Å²) < 4.78 is 0. The first-order valence-electron chi connectivity index (χ1n) is 13.7. The number of nitrogens with two attached hydrogens (primary N) is 1. The van der Waals surface area contributed by atoms with Gasteiger partial charge in [0, 0.05) is 5.54 Å². The Kier molecular flexibility index (Phi) is 8.24. The van der Waals surface area contributed by atoms with Crippen molar-refractivity contribution in [3.05, 3.63) is 95.1 Å². The Labute approximate surface area is 231 Å². The van der Waals surface area contributed by atoms with Crippen LogP contribution in [0.5, 0.6) is 0 Å². The number of carbonyl (C=O) groups excluding carboxylic acids is 2. The third kappa shape index (κ3) is 7.11. The lowest BCUT2D eigenvalue weighted by atomic mass is 9.91. The fourth-order valence-corrected chi connectivity index (χ4v) is 5.12. The number of primary amides is 1. The van der Waals surface area contributed by atoms with Crippen LogP contribution in [-0.4, -0.2) is 34.1 Å². The van der Waals surface area contributed by atoms with Gasteiger partial charge in [-0.25, -0.2) is 4.79 Å². The van der Waals surface area contributed by atoms with E-state index in [0.717, 1.165) is 32.7 Å². The van der Waals surface area contributed by atoms with Gasteiger partial charge in [-0.2, -0.15) is 0 Å². The molecule has 39 heavy (non-hydrogen) atoms. The van der Waals surface area contributed by atoms with Crippen molar-refractivity contribution >= 4 is 33.4 Å². The summed E-state index contributed by atoms with van der Waals surface area (Å²) >= 11 is 0. The lowest BCUT2D eigenvalue weighted by molar-refractivity contribution is -0.625. The van der Waals surface area contributed by atoms with Gasteiger partial charge in [0.2, 0.25) is 0 Å². The van der Waals surface area contributed by atoms with E-state index in [1.165, 1.54) is 0 Å². The third-order valence-corrected chi connectivity index (χ3v) is 6.76. The van der Waals surface area contributed by atoms with Crippen LogP contribution in [0.2, 0.25) is 0 Å². The van der Waals surface area contributed by atoms with Crippen LogP contribution >= 0.6 is 0 Å². The number of aliphatic hydroxyl groups excluding tert-OH is 1. The number of rotatable bonds is 7. The molecule has 204 valence electrons. The quantitative estimate of drug-likeness (QED) is 0.295. The summed E-state index contributed by atoms with van der Waals surface area (Å²) in [5, 5.41) is 19.9. The first kappa shape index (κ1) is 28.5. The molecule has 0 saturated carbocycles. The van der Waals surface area contributed by atoms with Crippen molar-refractivity contribution in [1.29, 1.82) is 0 Å². The Balaban J connectivity index is 1.61. The monoisotopic (exact) mass is 525 g/mol. The number of aryl methyl sites for hydroxylation is 1. The molecule has 0 fully saturated rings. The molecule has 0 heterocycles. The standard InChI is InChI=1S/C34H40N2O3/c1-33(2,3)35-31(38)29-24(17-15-22-11-7-9-13-27(22)29)19-20-26(37)21-25-18-16-23-12-8-10-14-28(23)30(25)32(39)36-34(4,5)6/h7-18,26,37H,19-21H2,1-6H3,(H,35,38)(H,36,39)/p+1/t26-/m0/s1. The lowest BCUT2D eigenvalue weighted by Crippen LogP contribution is -2.97. The van der Waals surface area contributed by atoms with E-state index in [9.17, 15) is 14.7 Å². The van der Waals surface area contributed by atoms with Crippen molar-refractivity contribution in [2.75, 3.05) is 0 Å². The van der Waals surface area contributed by atoms with Crippen LogP contribution in [0, 0.1) is 0 Å². The van der Waals surface area contributed by atoms with Crippen molar-refractivity contribution in [2.45, 2.75) is 78.0 Å². The zero-order chi connectivity index (χ0) is 28.4. The smallest absolute Gasteiger partial charge is 0.343 e. The zero-order valence-corrected chi connectivity index (χ0v) is 24.0. The van der Waals surface area contributed by atoms with E-state index in [1.807, 2.05) is 114 Å². The molecular formula is C34H41N2O3+. The Morgan fingerprint density at radius 2 is 1.31 bits per heavy atom. The first-order valence-corrected chi connectivity index (χ1v) is 13.7. The Morgan fingerprint density at radius 3 is 1.87 bits per heavy atom. The minimum absolute atomic E-state index is 0.0134. The number of amides is 2. The van der Waals surface area contributed by atoms with Crippen LogP contribution in [0.15, 0.2) is 72.8 Å². The van der Waals surface area contributed by atoms with Gasteiger partial charge >= 0.3 is 5.91 Å². The van der Waals surface area contributed by atoms with Crippen molar-refractivity contribution in [3.63, 3.8) is 0 Å². The number of quaternary nitrogens is 1. The fourth-order valence-electron chi connectivity index (χ4n) is 5.12.